The number of amides is 1. The number of nitrogens with zero attached hydrogens (tertiary/aromatic N) is 3. The van der Waals surface area contributed by atoms with Crippen LogP contribution in [-0.2, 0) is 9.47 Å². The number of anilines is 1. The molecule has 0 unspecified atom stereocenters. The number of ether oxygens (including phenoxy) is 3. The molecular weight excluding hydrogens is 470 g/mol. The Bertz CT molecular complexity index is 1260. The summed E-state index contributed by atoms with van der Waals surface area (Å²) >= 11 is 0. The molecule has 3 aromatic rings. The van der Waals surface area contributed by atoms with Gasteiger partial charge in [0.15, 0.2) is 5.65 Å². The normalized spacial score (nSPS) is 19.2. The van der Waals surface area contributed by atoms with E-state index in [1.807, 2.05) is 41.9 Å². The Balaban J connectivity index is 1.31. The number of nitrogens with one attached hydrogen (secondary N) is 2. The zero-order valence-corrected chi connectivity index (χ0v) is 21.4. The van der Waals surface area contributed by atoms with Crippen LogP contribution < -0.4 is 15.4 Å². The van der Waals surface area contributed by atoms with Crippen molar-refractivity contribution in [3.63, 3.8) is 0 Å². The molecular formula is C28H35N5O4. The van der Waals surface area contributed by atoms with Crippen molar-refractivity contribution in [2.75, 3.05) is 38.3 Å². The van der Waals surface area contributed by atoms with Gasteiger partial charge in [0.1, 0.15) is 11.9 Å². The van der Waals surface area contributed by atoms with Crippen molar-refractivity contribution in [1.82, 2.24) is 19.9 Å². The minimum atomic E-state index is -0.00344. The number of benzene rings is 1. The van der Waals surface area contributed by atoms with Crippen LogP contribution in [-0.4, -0.2) is 65.6 Å². The third kappa shape index (κ3) is 5.57. The molecule has 196 valence electrons. The highest BCUT2D eigenvalue weighted by Crippen LogP contribution is 2.31. The number of aryl methyl sites for hydroxylation is 1. The first kappa shape index (κ1) is 24.2. The van der Waals surface area contributed by atoms with E-state index in [1.165, 1.54) is 0 Å². The van der Waals surface area contributed by atoms with Crippen molar-refractivity contribution in [2.45, 2.75) is 57.6 Å². The Morgan fingerprint density at radius 1 is 1.05 bits per heavy atom. The zero-order chi connectivity index (χ0) is 25.2. The van der Waals surface area contributed by atoms with E-state index in [-0.39, 0.29) is 12.0 Å². The molecule has 9 heteroatoms. The van der Waals surface area contributed by atoms with Crippen molar-refractivity contribution in [1.29, 1.82) is 0 Å². The van der Waals surface area contributed by atoms with Crippen LogP contribution in [0.3, 0.4) is 0 Å². The number of carbonyl (C=O) groups is 1. The molecule has 2 saturated heterocycles. The van der Waals surface area contributed by atoms with Crippen LogP contribution in [0, 0.1) is 12.8 Å². The second-order valence-electron chi connectivity index (χ2n) is 10.4. The summed E-state index contributed by atoms with van der Waals surface area (Å²) in [6.45, 7) is 5.87. The minimum Gasteiger partial charge on any atom is -0.474 e. The molecule has 0 atom stereocenters. The SMILES string of the molecule is Cc1cc(-c2cnn3c(NCC4CCOCC4)cc(OC4CCOCC4)nc23)ccc1C(=O)NC1CC1. The quantitative estimate of drug-likeness (QED) is 0.478. The largest absolute Gasteiger partial charge is 0.474 e. The van der Waals surface area contributed by atoms with E-state index in [9.17, 15) is 4.79 Å². The molecule has 2 aliphatic heterocycles. The molecule has 3 aliphatic rings. The Kier molecular flexibility index (Phi) is 6.97. The smallest absolute Gasteiger partial charge is 0.251 e. The highest BCUT2D eigenvalue weighted by Gasteiger charge is 2.25. The van der Waals surface area contributed by atoms with E-state index in [4.69, 9.17) is 24.3 Å². The summed E-state index contributed by atoms with van der Waals surface area (Å²) in [7, 11) is 0. The molecule has 4 heterocycles. The summed E-state index contributed by atoms with van der Waals surface area (Å²) in [6, 6.07) is 8.21. The number of hydrogen-bond acceptors (Lipinski definition) is 7. The van der Waals surface area contributed by atoms with Gasteiger partial charge in [0.25, 0.3) is 5.91 Å². The average Bonchev–Trinajstić information content (AvgIpc) is 3.63. The topological polar surface area (TPSA) is 99.0 Å². The van der Waals surface area contributed by atoms with E-state index < -0.39 is 0 Å². The fraction of sp³-hybridized carbons (Fsp3) is 0.536. The maximum atomic E-state index is 12.6. The van der Waals surface area contributed by atoms with Crippen LogP contribution in [0.1, 0.15) is 54.4 Å². The number of aromatic nitrogens is 3. The van der Waals surface area contributed by atoms with Gasteiger partial charge >= 0.3 is 0 Å². The van der Waals surface area contributed by atoms with Gasteiger partial charge in [-0.2, -0.15) is 14.6 Å². The standard InChI is InChI=1S/C28H35N5O4/c1-18-14-20(2-5-23(18)28(34)31-21-3-4-21)24-17-30-33-25(29-16-19-6-10-35-11-7-19)15-26(32-27(24)33)37-22-8-12-36-13-9-22/h2,5,14-15,17,19,21-22,29H,3-4,6-13,16H2,1H3,(H,31,34). The lowest BCUT2D eigenvalue weighted by Gasteiger charge is -2.24. The predicted molar refractivity (Wildman–Crippen MR) is 140 cm³/mol. The third-order valence-electron chi connectivity index (χ3n) is 7.51. The van der Waals surface area contributed by atoms with Crippen molar-refractivity contribution in [3.05, 3.63) is 41.6 Å². The summed E-state index contributed by atoms with van der Waals surface area (Å²) in [5, 5.41) is 11.4. The molecule has 0 bridgehead atoms. The Morgan fingerprint density at radius 2 is 1.81 bits per heavy atom. The molecule has 6 rings (SSSR count). The maximum Gasteiger partial charge on any atom is 0.251 e. The molecule has 0 spiro atoms. The second-order valence-corrected chi connectivity index (χ2v) is 10.4. The van der Waals surface area contributed by atoms with E-state index in [2.05, 4.69) is 10.6 Å². The molecule has 1 aromatic carbocycles. The van der Waals surface area contributed by atoms with Gasteiger partial charge < -0.3 is 24.8 Å². The first-order chi connectivity index (χ1) is 18.1. The molecule has 0 radical (unpaired) electrons. The summed E-state index contributed by atoms with van der Waals surface area (Å²) in [4.78, 5) is 17.5. The van der Waals surface area contributed by atoms with Crippen LogP contribution in [0.15, 0.2) is 30.5 Å². The lowest BCUT2D eigenvalue weighted by Crippen LogP contribution is -2.26. The van der Waals surface area contributed by atoms with Gasteiger partial charge in [0.05, 0.1) is 19.4 Å². The third-order valence-corrected chi connectivity index (χ3v) is 7.51. The molecule has 1 aliphatic carbocycles. The molecule has 3 fully saturated rings. The molecule has 1 amide bonds. The van der Waals surface area contributed by atoms with Crippen LogP contribution in [0.5, 0.6) is 5.88 Å². The van der Waals surface area contributed by atoms with Gasteiger partial charge in [-0.25, -0.2) is 0 Å². The lowest BCUT2D eigenvalue weighted by molar-refractivity contribution is 0.0238. The number of hydrogen-bond donors (Lipinski definition) is 2. The zero-order valence-electron chi connectivity index (χ0n) is 21.4. The molecule has 1 saturated carbocycles. The van der Waals surface area contributed by atoms with Crippen LogP contribution in [0.2, 0.25) is 0 Å². The van der Waals surface area contributed by atoms with E-state index in [0.717, 1.165) is 86.4 Å². The van der Waals surface area contributed by atoms with Gasteiger partial charge in [0, 0.05) is 55.8 Å². The van der Waals surface area contributed by atoms with Gasteiger partial charge in [-0.3, -0.25) is 4.79 Å². The molecule has 2 aromatic heterocycles. The fourth-order valence-corrected chi connectivity index (χ4v) is 5.07. The molecule has 9 nitrogen and oxygen atoms in total. The van der Waals surface area contributed by atoms with Crippen LogP contribution >= 0.6 is 0 Å². The first-order valence-corrected chi connectivity index (χ1v) is 13.5. The van der Waals surface area contributed by atoms with Gasteiger partial charge in [-0.15, -0.1) is 0 Å². The highest BCUT2D eigenvalue weighted by atomic mass is 16.5. The van der Waals surface area contributed by atoms with Crippen molar-refractivity contribution >= 4 is 17.4 Å². The molecule has 2 N–H and O–H groups in total. The highest BCUT2D eigenvalue weighted by molar-refractivity contribution is 5.97. The Morgan fingerprint density at radius 3 is 2.54 bits per heavy atom. The second kappa shape index (κ2) is 10.7. The predicted octanol–water partition coefficient (Wildman–Crippen LogP) is 3.99. The summed E-state index contributed by atoms with van der Waals surface area (Å²) in [5.41, 5.74) is 4.25. The van der Waals surface area contributed by atoms with Gasteiger partial charge in [-0.1, -0.05) is 12.1 Å². The number of rotatable bonds is 8. The monoisotopic (exact) mass is 505 g/mol. The lowest BCUT2D eigenvalue weighted by atomic mass is 10.0. The van der Waals surface area contributed by atoms with Crippen LogP contribution in [0.25, 0.3) is 16.8 Å². The van der Waals surface area contributed by atoms with Crippen LogP contribution in [0.4, 0.5) is 5.82 Å². The van der Waals surface area contributed by atoms with Gasteiger partial charge in [0.2, 0.25) is 5.88 Å². The Labute approximate surface area is 216 Å². The first-order valence-electron chi connectivity index (χ1n) is 13.5. The number of fused-ring (bicyclic) bond motifs is 1. The minimum absolute atomic E-state index is 0.00344. The van der Waals surface area contributed by atoms with E-state index >= 15 is 0 Å². The average molecular weight is 506 g/mol. The maximum absolute atomic E-state index is 12.6. The van der Waals surface area contributed by atoms with E-state index in [1.54, 1.807) is 0 Å². The van der Waals surface area contributed by atoms with E-state index in [0.29, 0.717) is 36.6 Å². The van der Waals surface area contributed by atoms with Gasteiger partial charge in [-0.05, 0) is 55.7 Å². The van der Waals surface area contributed by atoms with Crippen molar-refractivity contribution in [2.24, 2.45) is 5.92 Å². The molecule has 37 heavy (non-hydrogen) atoms. The number of carbonyl (C=O) groups excluding carboxylic acids is 1. The van der Waals surface area contributed by atoms with Crippen molar-refractivity contribution in [3.8, 4) is 17.0 Å². The summed E-state index contributed by atoms with van der Waals surface area (Å²) < 4.78 is 19.2. The summed E-state index contributed by atoms with van der Waals surface area (Å²) in [5.74, 6) is 2.01. The fourth-order valence-electron chi connectivity index (χ4n) is 5.07. The Hall–Kier alpha value is -3.17. The summed E-state index contributed by atoms with van der Waals surface area (Å²) in [6.07, 6.45) is 7.89. The van der Waals surface area contributed by atoms with Crippen molar-refractivity contribution < 1.29 is 19.0 Å².